The Balaban J connectivity index is 1.58. The number of aromatic nitrogens is 1. The molecule has 0 spiro atoms. The third-order valence-corrected chi connectivity index (χ3v) is 5.08. The van der Waals surface area contributed by atoms with Crippen LogP contribution < -0.4 is 4.74 Å². The maximum absolute atomic E-state index is 12.6. The second-order valence-electron chi connectivity index (χ2n) is 6.96. The number of carbonyl (C=O) groups is 1. The summed E-state index contributed by atoms with van der Waals surface area (Å²) in [5, 5.41) is 3.93. The number of amides is 1. The summed E-state index contributed by atoms with van der Waals surface area (Å²) in [6.07, 6.45) is 0.700. The summed E-state index contributed by atoms with van der Waals surface area (Å²) >= 11 is 0. The second-order valence-corrected chi connectivity index (χ2v) is 6.96. The van der Waals surface area contributed by atoms with Gasteiger partial charge in [0.15, 0.2) is 6.61 Å². The summed E-state index contributed by atoms with van der Waals surface area (Å²) in [6, 6.07) is 7.80. The number of hydrogen-bond donors (Lipinski definition) is 0. The lowest BCUT2D eigenvalue weighted by molar-refractivity contribution is -0.132. The molecule has 1 saturated heterocycles. The van der Waals surface area contributed by atoms with E-state index in [0.29, 0.717) is 19.5 Å². The molecular weight excluding hydrogens is 332 g/mol. The van der Waals surface area contributed by atoms with E-state index in [9.17, 15) is 4.79 Å². The van der Waals surface area contributed by atoms with Gasteiger partial charge in [-0.05, 0) is 38.0 Å². The fraction of sp³-hybridized carbons (Fsp3) is 0.500. The third-order valence-electron chi connectivity index (χ3n) is 5.08. The van der Waals surface area contributed by atoms with E-state index in [2.05, 4.69) is 5.16 Å². The molecule has 0 radical (unpaired) electrons. The number of ether oxygens (including phenoxy) is 2. The molecular formula is C20H26N2O4. The molecule has 140 valence electrons. The molecule has 26 heavy (non-hydrogen) atoms. The molecule has 2 atom stereocenters. The molecule has 0 aliphatic carbocycles. The van der Waals surface area contributed by atoms with Crippen molar-refractivity contribution in [1.29, 1.82) is 0 Å². The lowest BCUT2D eigenvalue weighted by Gasteiger charge is -2.17. The number of benzene rings is 1. The van der Waals surface area contributed by atoms with Crippen molar-refractivity contribution in [2.24, 2.45) is 5.92 Å². The van der Waals surface area contributed by atoms with Crippen molar-refractivity contribution >= 4 is 5.91 Å². The molecule has 2 heterocycles. The molecule has 1 fully saturated rings. The summed E-state index contributed by atoms with van der Waals surface area (Å²) in [4.78, 5) is 14.4. The summed E-state index contributed by atoms with van der Waals surface area (Å²) in [7, 11) is 1.68. The van der Waals surface area contributed by atoms with Crippen LogP contribution in [0.3, 0.4) is 0 Å². The standard InChI is InChI=1S/C20H26N2O4/c1-13-6-5-7-18(15(13)3)25-12-20(23)22-10-16(19(11-22)24-4)9-17-8-14(2)21-26-17/h5-8,16,19H,9-12H2,1-4H3/t16-,19+/m1/s1. The maximum Gasteiger partial charge on any atom is 0.260 e. The van der Waals surface area contributed by atoms with Gasteiger partial charge in [0.05, 0.1) is 11.8 Å². The average molecular weight is 358 g/mol. The largest absolute Gasteiger partial charge is 0.483 e. The molecule has 1 amide bonds. The van der Waals surface area contributed by atoms with Gasteiger partial charge in [0.1, 0.15) is 11.5 Å². The normalized spacial score (nSPS) is 19.8. The molecule has 1 aliphatic heterocycles. The minimum atomic E-state index is -0.0239. The first-order valence-corrected chi connectivity index (χ1v) is 8.89. The fourth-order valence-corrected chi connectivity index (χ4v) is 3.39. The highest BCUT2D eigenvalue weighted by atomic mass is 16.5. The Bertz CT molecular complexity index is 771. The van der Waals surface area contributed by atoms with E-state index in [4.69, 9.17) is 14.0 Å². The van der Waals surface area contributed by atoms with Crippen LogP contribution >= 0.6 is 0 Å². The van der Waals surface area contributed by atoms with Crippen molar-refractivity contribution in [3.8, 4) is 5.75 Å². The van der Waals surface area contributed by atoms with Gasteiger partial charge in [-0.2, -0.15) is 0 Å². The zero-order chi connectivity index (χ0) is 18.7. The Labute approximate surface area is 154 Å². The molecule has 2 aromatic rings. The van der Waals surface area contributed by atoms with Gasteiger partial charge in [0.25, 0.3) is 5.91 Å². The van der Waals surface area contributed by atoms with Gasteiger partial charge >= 0.3 is 0 Å². The average Bonchev–Trinajstić information content (AvgIpc) is 3.22. The minimum Gasteiger partial charge on any atom is -0.483 e. The minimum absolute atomic E-state index is 0.00920. The predicted molar refractivity (Wildman–Crippen MR) is 97.2 cm³/mol. The van der Waals surface area contributed by atoms with E-state index in [1.54, 1.807) is 7.11 Å². The predicted octanol–water partition coefficient (Wildman–Crippen LogP) is 2.69. The number of hydrogen-bond acceptors (Lipinski definition) is 5. The van der Waals surface area contributed by atoms with Gasteiger partial charge in [-0.1, -0.05) is 17.3 Å². The number of methoxy groups -OCH3 is 1. The third kappa shape index (κ3) is 4.07. The molecule has 1 aromatic carbocycles. The van der Waals surface area contributed by atoms with Crippen molar-refractivity contribution in [3.63, 3.8) is 0 Å². The van der Waals surface area contributed by atoms with Gasteiger partial charge in [-0.15, -0.1) is 0 Å². The van der Waals surface area contributed by atoms with E-state index < -0.39 is 0 Å². The number of carbonyl (C=O) groups excluding carboxylic acids is 1. The van der Waals surface area contributed by atoms with Gasteiger partial charge in [-0.25, -0.2) is 0 Å². The van der Waals surface area contributed by atoms with Crippen molar-refractivity contribution in [2.45, 2.75) is 33.3 Å². The Morgan fingerprint density at radius 2 is 2.12 bits per heavy atom. The number of likely N-dealkylation sites (tertiary alicyclic amines) is 1. The van der Waals surface area contributed by atoms with Crippen molar-refractivity contribution < 1.29 is 18.8 Å². The van der Waals surface area contributed by atoms with Crippen LogP contribution in [0.1, 0.15) is 22.6 Å². The lowest BCUT2D eigenvalue weighted by atomic mass is 10.0. The van der Waals surface area contributed by atoms with E-state index in [1.807, 2.05) is 49.9 Å². The van der Waals surface area contributed by atoms with E-state index >= 15 is 0 Å². The first-order chi connectivity index (χ1) is 12.5. The monoisotopic (exact) mass is 358 g/mol. The Hall–Kier alpha value is -2.34. The van der Waals surface area contributed by atoms with E-state index in [1.165, 1.54) is 0 Å². The summed E-state index contributed by atoms with van der Waals surface area (Å²) in [5.41, 5.74) is 3.08. The summed E-state index contributed by atoms with van der Waals surface area (Å²) in [6.45, 7) is 7.17. The van der Waals surface area contributed by atoms with Gasteiger partial charge in [-0.3, -0.25) is 4.79 Å². The zero-order valence-electron chi connectivity index (χ0n) is 15.8. The van der Waals surface area contributed by atoms with Crippen LogP contribution in [0.15, 0.2) is 28.8 Å². The van der Waals surface area contributed by atoms with Crippen LogP contribution in [0.25, 0.3) is 0 Å². The maximum atomic E-state index is 12.6. The molecule has 0 N–H and O–H groups in total. The Kier molecular flexibility index (Phi) is 5.61. The van der Waals surface area contributed by atoms with Crippen LogP contribution in [0, 0.1) is 26.7 Å². The number of nitrogens with zero attached hydrogens (tertiary/aromatic N) is 2. The van der Waals surface area contributed by atoms with Crippen LogP contribution in [-0.2, 0) is 16.0 Å². The van der Waals surface area contributed by atoms with E-state index in [0.717, 1.165) is 28.3 Å². The van der Waals surface area contributed by atoms with E-state index in [-0.39, 0.29) is 24.5 Å². The number of rotatable bonds is 6. The van der Waals surface area contributed by atoms with Crippen LogP contribution in [0.5, 0.6) is 5.75 Å². The second kappa shape index (κ2) is 7.91. The highest BCUT2D eigenvalue weighted by molar-refractivity contribution is 5.78. The lowest BCUT2D eigenvalue weighted by Crippen LogP contribution is -2.34. The smallest absolute Gasteiger partial charge is 0.260 e. The van der Waals surface area contributed by atoms with Crippen LogP contribution in [0.4, 0.5) is 0 Å². The fourth-order valence-electron chi connectivity index (χ4n) is 3.39. The first-order valence-electron chi connectivity index (χ1n) is 8.89. The van der Waals surface area contributed by atoms with Gasteiger partial charge < -0.3 is 18.9 Å². The summed E-state index contributed by atoms with van der Waals surface area (Å²) < 4.78 is 16.7. The van der Waals surface area contributed by atoms with Crippen LogP contribution in [0.2, 0.25) is 0 Å². The SMILES string of the molecule is CO[C@H]1CN(C(=O)COc2cccc(C)c2C)C[C@H]1Cc1cc(C)no1. The van der Waals surface area contributed by atoms with Crippen molar-refractivity contribution in [2.75, 3.05) is 26.8 Å². The highest BCUT2D eigenvalue weighted by Gasteiger charge is 2.36. The highest BCUT2D eigenvalue weighted by Crippen LogP contribution is 2.25. The molecule has 0 saturated carbocycles. The number of aryl methyl sites for hydroxylation is 2. The first kappa shape index (κ1) is 18.5. The molecule has 0 bridgehead atoms. The molecule has 6 heteroatoms. The Morgan fingerprint density at radius 3 is 2.81 bits per heavy atom. The molecule has 1 aliphatic rings. The topological polar surface area (TPSA) is 64.8 Å². The molecule has 6 nitrogen and oxygen atoms in total. The van der Waals surface area contributed by atoms with Crippen molar-refractivity contribution in [3.05, 3.63) is 46.8 Å². The Morgan fingerprint density at radius 1 is 1.31 bits per heavy atom. The molecule has 3 rings (SSSR count). The van der Waals surface area contributed by atoms with Crippen LogP contribution in [-0.4, -0.2) is 48.9 Å². The van der Waals surface area contributed by atoms with Gasteiger partial charge in [0.2, 0.25) is 0 Å². The quantitative estimate of drug-likeness (QED) is 0.794. The summed E-state index contributed by atoms with van der Waals surface area (Å²) in [5.74, 6) is 1.76. The van der Waals surface area contributed by atoms with Crippen molar-refractivity contribution in [1.82, 2.24) is 10.1 Å². The van der Waals surface area contributed by atoms with Gasteiger partial charge in [0, 0.05) is 38.6 Å². The molecule has 0 unspecified atom stereocenters. The zero-order valence-corrected chi connectivity index (χ0v) is 15.8. The molecule has 1 aromatic heterocycles.